The lowest BCUT2D eigenvalue weighted by Gasteiger charge is -2.11. The van der Waals surface area contributed by atoms with Gasteiger partial charge < -0.3 is 10.4 Å². The summed E-state index contributed by atoms with van der Waals surface area (Å²) in [6, 6.07) is 7.72. The Hall–Kier alpha value is -1.60. The van der Waals surface area contributed by atoms with E-state index in [1.165, 1.54) is 11.8 Å². The summed E-state index contributed by atoms with van der Waals surface area (Å²) >= 11 is 2.97. The number of carboxylic acids is 1. The van der Waals surface area contributed by atoms with Gasteiger partial charge in [0.1, 0.15) is 0 Å². The van der Waals surface area contributed by atoms with E-state index < -0.39 is 5.97 Å². The van der Waals surface area contributed by atoms with Gasteiger partial charge in [-0.25, -0.2) is 4.98 Å². The maximum atomic E-state index is 11.8. The van der Waals surface area contributed by atoms with Crippen molar-refractivity contribution < 1.29 is 14.7 Å². The number of thioether (sulfide) groups is 1. The molecule has 2 rings (SSSR count). The maximum absolute atomic E-state index is 11.8. The standard InChI is InChI=1S/C14H16N2O3S2/c1-9(6-7-13(18)19)15-12(17)8-20-14-16-10-4-2-3-5-11(10)21-14/h2-5,9H,6-8H2,1H3,(H,15,17)(H,18,19). The van der Waals surface area contributed by atoms with Crippen molar-refractivity contribution in [1.29, 1.82) is 0 Å². The Balaban J connectivity index is 1.79. The number of aromatic nitrogens is 1. The number of nitrogens with one attached hydrogen (secondary N) is 1. The molecule has 2 N–H and O–H groups in total. The number of benzene rings is 1. The van der Waals surface area contributed by atoms with Crippen molar-refractivity contribution in [1.82, 2.24) is 10.3 Å². The van der Waals surface area contributed by atoms with Crippen LogP contribution in [0.25, 0.3) is 10.2 Å². The number of hydrogen-bond acceptors (Lipinski definition) is 5. The lowest BCUT2D eigenvalue weighted by Crippen LogP contribution is -2.34. The molecular formula is C14H16N2O3S2. The fourth-order valence-corrected chi connectivity index (χ4v) is 3.65. The van der Waals surface area contributed by atoms with Gasteiger partial charge in [-0.15, -0.1) is 11.3 Å². The van der Waals surface area contributed by atoms with Crippen LogP contribution in [0.15, 0.2) is 28.6 Å². The smallest absolute Gasteiger partial charge is 0.303 e. The number of rotatable bonds is 7. The summed E-state index contributed by atoms with van der Waals surface area (Å²) in [6.45, 7) is 1.81. The molecule has 1 aromatic carbocycles. The number of aliphatic carboxylic acids is 1. The first-order chi connectivity index (χ1) is 10.0. The SMILES string of the molecule is CC(CCC(=O)O)NC(=O)CSc1nc2ccccc2s1. The second-order valence-corrected chi connectivity index (χ2v) is 6.89. The van der Waals surface area contributed by atoms with Crippen LogP contribution in [0.1, 0.15) is 19.8 Å². The number of carbonyl (C=O) groups excluding carboxylic acids is 1. The molecule has 0 radical (unpaired) electrons. The average Bonchev–Trinajstić information content (AvgIpc) is 2.86. The van der Waals surface area contributed by atoms with E-state index in [-0.39, 0.29) is 24.1 Å². The number of thiazole rings is 1. The van der Waals surface area contributed by atoms with Crippen LogP contribution in [0.4, 0.5) is 0 Å². The number of carbonyl (C=O) groups is 2. The third-order valence-corrected chi connectivity index (χ3v) is 4.98. The summed E-state index contributed by atoms with van der Waals surface area (Å²) in [5.41, 5.74) is 0.945. The van der Waals surface area contributed by atoms with Crippen molar-refractivity contribution in [3.63, 3.8) is 0 Å². The zero-order chi connectivity index (χ0) is 15.2. The molecule has 7 heteroatoms. The highest BCUT2D eigenvalue weighted by Gasteiger charge is 2.11. The minimum absolute atomic E-state index is 0.0620. The summed E-state index contributed by atoms with van der Waals surface area (Å²) in [5, 5.41) is 11.4. The van der Waals surface area contributed by atoms with Gasteiger partial charge >= 0.3 is 5.97 Å². The molecule has 0 spiro atoms. The summed E-state index contributed by atoms with van der Waals surface area (Å²) in [7, 11) is 0. The van der Waals surface area contributed by atoms with E-state index in [0.29, 0.717) is 6.42 Å². The highest BCUT2D eigenvalue weighted by molar-refractivity contribution is 8.01. The predicted octanol–water partition coefficient (Wildman–Crippen LogP) is 2.76. The van der Waals surface area contributed by atoms with Crippen LogP contribution in [0.2, 0.25) is 0 Å². The molecule has 0 bridgehead atoms. The average molecular weight is 324 g/mol. The molecule has 112 valence electrons. The number of fused-ring (bicyclic) bond motifs is 1. The quantitative estimate of drug-likeness (QED) is 0.766. The molecular weight excluding hydrogens is 308 g/mol. The molecule has 0 aliphatic heterocycles. The molecule has 0 aliphatic carbocycles. The Kier molecular flexibility index (Phi) is 5.58. The minimum atomic E-state index is -0.847. The van der Waals surface area contributed by atoms with E-state index in [0.717, 1.165) is 14.6 Å². The number of hydrogen-bond donors (Lipinski definition) is 2. The van der Waals surface area contributed by atoms with E-state index in [2.05, 4.69) is 10.3 Å². The van der Waals surface area contributed by atoms with Crippen LogP contribution < -0.4 is 5.32 Å². The van der Waals surface area contributed by atoms with E-state index in [1.54, 1.807) is 11.3 Å². The van der Waals surface area contributed by atoms with Gasteiger partial charge in [-0.05, 0) is 25.5 Å². The third-order valence-electron chi connectivity index (χ3n) is 2.80. The summed E-state index contributed by atoms with van der Waals surface area (Å²) in [5.74, 6) is -0.658. The van der Waals surface area contributed by atoms with E-state index in [1.807, 2.05) is 31.2 Å². The van der Waals surface area contributed by atoms with Gasteiger partial charge in [0.15, 0.2) is 4.34 Å². The summed E-state index contributed by atoms with van der Waals surface area (Å²) < 4.78 is 1.97. The minimum Gasteiger partial charge on any atom is -0.481 e. The summed E-state index contributed by atoms with van der Waals surface area (Å²) in [6.07, 6.45) is 0.499. The van der Waals surface area contributed by atoms with Crippen LogP contribution >= 0.6 is 23.1 Å². The molecule has 1 unspecified atom stereocenters. The molecule has 0 saturated heterocycles. The maximum Gasteiger partial charge on any atom is 0.303 e. The topological polar surface area (TPSA) is 79.3 Å². The zero-order valence-corrected chi connectivity index (χ0v) is 13.2. The number of nitrogens with zero attached hydrogens (tertiary/aromatic N) is 1. The van der Waals surface area contributed by atoms with Crippen LogP contribution in [-0.4, -0.2) is 33.8 Å². The van der Waals surface area contributed by atoms with Crippen molar-refractivity contribution in [3.8, 4) is 0 Å². The normalized spacial score (nSPS) is 12.2. The fraction of sp³-hybridized carbons (Fsp3) is 0.357. The van der Waals surface area contributed by atoms with Gasteiger partial charge in [0.25, 0.3) is 0 Å². The zero-order valence-electron chi connectivity index (χ0n) is 11.5. The molecule has 1 aromatic heterocycles. The van der Waals surface area contributed by atoms with Gasteiger partial charge in [0.2, 0.25) is 5.91 Å². The Morgan fingerprint density at radius 3 is 2.90 bits per heavy atom. The fourth-order valence-electron chi connectivity index (χ4n) is 1.77. The number of para-hydroxylation sites is 1. The van der Waals surface area contributed by atoms with Crippen molar-refractivity contribution in [2.24, 2.45) is 0 Å². The molecule has 5 nitrogen and oxygen atoms in total. The highest BCUT2D eigenvalue weighted by Crippen LogP contribution is 2.28. The van der Waals surface area contributed by atoms with Crippen molar-refractivity contribution >= 4 is 45.2 Å². The predicted molar refractivity (Wildman–Crippen MR) is 84.8 cm³/mol. The Bertz CT molecular complexity index is 609. The lowest BCUT2D eigenvalue weighted by molar-refractivity contribution is -0.137. The second kappa shape index (κ2) is 7.42. The monoisotopic (exact) mass is 324 g/mol. The summed E-state index contributed by atoms with van der Waals surface area (Å²) in [4.78, 5) is 26.7. The second-order valence-electron chi connectivity index (χ2n) is 4.64. The number of carboxylic acid groups (broad SMARTS) is 1. The molecule has 1 heterocycles. The van der Waals surface area contributed by atoms with Gasteiger partial charge in [-0.3, -0.25) is 9.59 Å². The van der Waals surface area contributed by atoms with Crippen molar-refractivity contribution in [2.45, 2.75) is 30.1 Å². The molecule has 1 atom stereocenters. The molecule has 0 fully saturated rings. The van der Waals surface area contributed by atoms with Gasteiger partial charge in [-0.1, -0.05) is 23.9 Å². The van der Waals surface area contributed by atoms with Gasteiger partial charge in [0.05, 0.1) is 16.0 Å². The Morgan fingerprint density at radius 1 is 1.43 bits per heavy atom. The largest absolute Gasteiger partial charge is 0.481 e. The lowest BCUT2D eigenvalue weighted by atomic mass is 10.2. The van der Waals surface area contributed by atoms with Crippen molar-refractivity contribution in [3.05, 3.63) is 24.3 Å². The molecule has 0 aliphatic rings. The highest BCUT2D eigenvalue weighted by atomic mass is 32.2. The molecule has 2 aromatic rings. The van der Waals surface area contributed by atoms with Gasteiger partial charge in [0, 0.05) is 12.5 Å². The van der Waals surface area contributed by atoms with Crippen LogP contribution in [-0.2, 0) is 9.59 Å². The van der Waals surface area contributed by atoms with Crippen LogP contribution in [0.5, 0.6) is 0 Å². The van der Waals surface area contributed by atoms with Crippen LogP contribution in [0, 0.1) is 0 Å². The van der Waals surface area contributed by atoms with Crippen molar-refractivity contribution in [2.75, 3.05) is 5.75 Å². The Labute approximate surface area is 130 Å². The van der Waals surface area contributed by atoms with E-state index in [9.17, 15) is 9.59 Å². The third kappa shape index (κ3) is 5.02. The Morgan fingerprint density at radius 2 is 2.19 bits per heavy atom. The molecule has 21 heavy (non-hydrogen) atoms. The first-order valence-corrected chi connectivity index (χ1v) is 8.34. The first-order valence-electron chi connectivity index (χ1n) is 6.54. The molecule has 0 saturated carbocycles. The first kappa shape index (κ1) is 15.8. The van der Waals surface area contributed by atoms with E-state index in [4.69, 9.17) is 5.11 Å². The number of amides is 1. The molecule has 1 amide bonds. The van der Waals surface area contributed by atoms with Crippen LogP contribution in [0.3, 0.4) is 0 Å². The van der Waals surface area contributed by atoms with Gasteiger partial charge in [-0.2, -0.15) is 0 Å². The van der Waals surface area contributed by atoms with E-state index >= 15 is 0 Å².